The van der Waals surface area contributed by atoms with E-state index in [0.717, 1.165) is 11.0 Å². The lowest BCUT2D eigenvalue weighted by Crippen LogP contribution is -2.49. The summed E-state index contributed by atoms with van der Waals surface area (Å²) >= 11 is 12.0. The number of amides is 4. The molecule has 0 aliphatic carbocycles. The zero-order valence-electron chi connectivity index (χ0n) is 22.9. The van der Waals surface area contributed by atoms with Gasteiger partial charge in [0.15, 0.2) is 13.2 Å². The molecule has 0 unspecified atom stereocenters. The minimum absolute atomic E-state index is 0.0343. The van der Waals surface area contributed by atoms with Gasteiger partial charge in [0.1, 0.15) is 6.04 Å². The Labute approximate surface area is 256 Å². The molecule has 0 radical (unpaired) electrons. The Kier molecular flexibility index (Phi) is 9.79. The van der Waals surface area contributed by atoms with Gasteiger partial charge in [0.2, 0.25) is 0 Å². The predicted octanol–water partition coefficient (Wildman–Crippen LogP) is 4.59. The van der Waals surface area contributed by atoms with E-state index in [2.05, 4.69) is 10.6 Å². The molecule has 11 nitrogen and oxygen atoms in total. The number of anilines is 2. The van der Waals surface area contributed by atoms with Gasteiger partial charge in [0.25, 0.3) is 23.6 Å². The molecule has 4 amide bonds. The van der Waals surface area contributed by atoms with E-state index in [1.807, 2.05) is 0 Å². The fourth-order valence-electron chi connectivity index (χ4n) is 4.25. The van der Waals surface area contributed by atoms with Crippen molar-refractivity contribution in [3.63, 3.8) is 0 Å². The van der Waals surface area contributed by atoms with Gasteiger partial charge >= 0.3 is 11.9 Å². The summed E-state index contributed by atoms with van der Waals surface area (Å²) in [4.78, 5) is 77.4. The van der Waals surface area contributed by atoms with Crippen molar-refractivity contribution in [1.82, 2.24) is 4.90 Å². The number of nitrogens with zero attached hydrogens (tertiary/aromatic N) is 1. The summed E-state index contributed by atoms with van der Waals surface area (Å²) in [7, 11) is 0. The van der Waals surface area contributed by atoms with E-state index in [1.54, 1.807) is 62.4 Å². The van der Waals surface area contributed by atoms with E-state index in [-0.39, 0.29) is 21.7 Å². The molecule has 0 fully saturated rings. The minimum atomic E-state index is -1.36. The summed E-state index contributed by atoms with van der Waals surface area (Å²) in [5, 5.41) is 5.62. The highest BCUT2D eigenvalue weighted by molar-refractivity contribution is 6.34. The third-order valence-corrected chi connectivity index (χ3v) is 6.94. The molecule has 1 aliphatic heterocycles. The Morgan fingerprint density at radius 2 is 1.26 bits per heavy atom. The monoisotopic (exact) mass is 625 g/mol. The maximum absolute atomic E-state index is 13.3. The van der Waals surface area contributed by atoms with Crippen LogP contribution in [0.2, 0.25) is 10.0 Å². The van der Waals surface area contributed by atoms with Crippen LogP contribution in [0.25, 0.3) is 0 Å². The molecule has 0 bridgehead atoms. The van der Waals surface area contributed by atoms with Gasteiger partial charge in [-0.3, -0.25) is 24.1 Å². The molecule has 222 valence electrons. The molecular weight excluding hydrogens is 601 g/mol. The number of rotatable bonds is 10. The smallest absolute Gasteiger partial charge is 0.338 e. The zero-order valence-corrected chi connectivity index (χ0v) is 24.4. The van der Waals surface area contributed by atoms with E-state index >= 15 is 0 Å². The predicted molar refractivity (Wildman–Crippen MR) is 157 cm³/mol. The highest BCUT2D eigenvalue weighted by Gasteiger charge is 2.45. The molecule has 3 aromatic rings. The molecule has 0 aromatic heterocycles. The van der Waals surface area contributed by atoms with Crippen molar-refractivity contribution in [1.29, 1.82) is 0 Å². The fourth-order valence-corrected chi connectivity index (χ4v) is 4.61. The number of esters is 2. The van der Waals surface area contributed by atoms with Crippen LogP contribution in [0, 0.1) is 5.92 Å². The molecule has 43 heavy (non-hydrogen) atoms. The topological polar surface area (TPSA) is 148 Å². The van der Waals surface area contributed by atoms with Gasteiger partial charge in [0, 0.05) is 0 Å². The Balaban J connectivity index is 1.40. The van der Waals surface area contributed by atoms with Gasteiger partial charge < -0.3 is 20.1 Å². The highest BCUT2D eigenvalue weighted by Crippen LogP contribution is 2.29. The van der Waals surface area contributed by atoms with Crippen LogP contribution < -0.4 is 10.6 Å². The number of ether oxygens (including phenoxy) is 2. The third-order valence-electron chi connectivity index (χ3n) is 6.28. The van der Waals surface area contributed by atoms with Crippen LogP contribution in [-0.2, 0) is 23.9 Å². The summed E-state index contributed by atoms with van der Waals surface area (Å²) in [5.41, 5.74) is 0.406. The van der Waals surface area contributed by atoms with Crippen LogP contribution in [-0.4, -0.2) is 59.7 Å². The number of para-hydroxylation sites is 2. The second-order valence-corrected chi connectivity index (χ2v) is 10.5. The van der Waals surface area contributed by atoms with Crippen molar-refractivity contribution in [2.75, 3.05) is 23.8 Å². The van der Waals surface area contributed by atoms with Crippen LogP contribution in [0.1, 0.15) is 44.9 Å². The number of nitrogens with one attached hydrogen (secondary N) is 2. The van der Waals surface area contributed by atoms with Crippen LogP contribution >= 0.6 is 23.2 Å². The molecule has 0 saturated carbocycles. The van der Waals surface area contributed by atoms with Gasteiger partial charge in [-0.05, 0) is 48.4 Å². The number of hydrogen-bond donors (Lipinski definition) is 2. The summed E-state index contributed by atoms with van der Waals surface area (Å²) in [6.07, 6.45) is 0. The van der Waals surface area contributed by atoms with Crippen LogP contribution in [0.5, 0.6) is 0 Å². The molecule has 2 N–H and O–H groups in total. The van der Waals surface area contributed by atoms with Crippen molar-refractivity contribution < 1.29 is 38.2 Å². The lowest BCUT2D eigenvalue weighted by atomic mass is 10.0. The van der Waals surface area contributed by atoms with Gasteiger partial charge in [-0.25, -0.2) is 9.59 Å². The first-order chi connectivity index (χ1) is 20.5. The molecule has 13 heteroatoms. The maximum atomic E-state index is 13.3. The Hall–Kier alpha value is -4.74. The average Bonchev–Trinajstić information content (AvgIpc) is 3.22. The quantitative estimate of drug-likeness (QED) is 0.245. The number of carbonyl (C=O) groups is 6. The van der Waals surface area contributed by atoms with Crippen LogP contribution in [0.3, 0.4) is 0 Å². The van der Waals surface area contributed by atoms with Crippen molar-refractivity contribution in [2.24, 2.45) is 5.92 Å². The fraction of sp³-hybridized carbons (Fsp3) is 0.200. The molecule has 1 heterocycles. The molecule has 0 spiro atoms. The van der Waals surface area contributed by atoms with Gasteiger partial charge in [0.05, 0.1) is 38.1 Å². The number of halogens is 2. The van der Waals surface area contributed by atoms with E-state index in [9.17, 15) is 28.8 Å². The SMILES string of the molecule is CC(C)[C@@H](C(=O)OCC(=O)Nc1ccccc1Cl)N1C(=O)c2ccc(C(=O)OCC(=O)Nc3ccccc3Cl)cc2C1=O. The van der Waals surface area contributed by atoms with E-state index < -0.39 is 60.7 Å². The van der Waals surface area contributed by atoms with Crippen molar-refractivity contribution >= 4 is 70.1 Å². The van der Waals surface area contributed by atoms with E-state index in [1.165, 1.54) is 12.1 Å². The Bertz CT molecular complexity index is 1620. The van der Waals surface area contributed by atoms with Crippen molar-refractivity contribution in [2.45, 2.75) is 19.9 Å². The summed E-state index contributed by atoms with van der Waals surface area (Å²) in [6.45, 7) is 1.90. The lowest BCUT2D eigenvalue weighted by Gasteiger charge is -2.27. The molecule has 1 aliphatic rings. The Morgan fingerprint density at radius 3 is 1.79 bits per heavy atom. The van der Waals surface area contributed by atoms with E-state index in [4.69, 9.17) is 32.7 Å². The first-order valence-electron chi connectivity index (χ1n) is 12.9. The number of carbonyl (C=O) groups excluding carboxylic acids is 6. The van der Waals surface area contributed by atoms with Gasteiger partial charge in [-0.15, -0.1) is 0 Å². The summed E-state index contributed by atoms with van der Waals surface area (Å²) in [6, 6.07) is 15.3. The maximum Gasteiger partial charge on any atom is 0.338 e. The number of hydrogen-bond acceptors (Lipinski definition) is 8. The van der Waals surface area contributed by atoms with Crippen LogP contribution in [0.4, 0.5) is 11.4 Å². The second kappa shape index (κ2) is 13.5. The third kappa shape index (κ3) is 7.19. The van der Waals surface area contributed by atoms with Crippen LogP contribution in [0.15, 0.2) is 66.7 Å². The lowest BCUT2D eigenvalue weighted by molar-refractivity contribution is -0.152. The molecule has 1 atom stereocenters. The largest absolute Gasteiger partial charge is 0.454 e. The summed E-state index contributed by atoms with van der Waals surface area (Å²) in [5.74, 6) is -5.38. The van der Waals surface area contributed by atoms with Crippen molar-refractivity contribution in [3.05, 3.63) is 93.5 Å². The van der Waals surface area contributed by atoms with E-state index in [0.29, 0.717) is 16.4 Å². The highest BCUT2D eigenvalue weighted by atomic mass is 35.5. The number of benzene rings is 3. The molecular formula is C30H25Cl2N3O8. The first-order valence-corrected chi connectivity index (χ1v) is 13.7. The second-order valence-electron chi connectivity index (χ2n) is 9.67. The Morgan fingerprint density at radius 1 is 0.744 bits per heavy atom. The standard InChI is InChI=1S/C30H25Cl2N3O8/c1-16(2)26(30(41)43-15-25(37)34-23-10-6-4-8-21(23)32)35-27(38)18-12-11-17(13-19(18)28(35)39)29(40)42-14-24(36)33-22-9-5-3-7-20(22)31/h3-13,16,26H,14-15H2,1-2H3,(H,33,36)(H,34,37)/t26-/m0/s1. The first kappa shape index (κ1) is 31.2. The van der Waals surface area contributed by atoms with Gasteiger partial charge in [-0.1, -0.05) is 61.3 Å². The number of fused-ring (bicyclic) bond motifs is 1. The zero-order chi connectivity index (χ0) is 31.3. The number of imide groups is 1. The average molecular weight is 626 g/mol. The summed E-state index contributed by atoms with van der Waals surface area (Å²) < 4.78 is 10.2. The normalized spacial score (nSPS) is 12.9. The molecule has 4 rings (SSSR count). The minimum Gasteiger partial charge on any atom is -0.454 e. The van der Waals surface area contributed by atoms with Gasteiger partial charge in [-0.2, -0.15) is 0 Å². The van der Waals surface area contributed by atoms with Crippen molar-refractivity contribution in [3.8, 4) is 0 Å². The molecule has 3 aromatic carbocycles. The molecule has 0 saturated heterocycles.